The third-order valence-corrected chi connectivity index (χ3v) is 6.25. The number of likely N-dealkylation sites (N-methyl/N-ethyl adjacent to an activating group) is 1. The van der Waals surface area contributed by atoms with E-state index in [2.05, 4.69) is 31.5 Å². The molecule has 0 spiro atoms. The van der Waals surface area contributed by atoms with E-state index in [4.69, 9.17) is 4.74 Å². The highest BCUT2D eigenvalue weighted by Gasteiger charge is 2.18. The Morgan fingerprint density at radius 2 is 1.83 bits per heavy atom. The van der Waals surface area contributed by atoms with Crippen molar-refractivity contribution in [1.82, 2.24) is 15.6 Å². The number of aliphatic hydroxyl groups excluding tert-OH is 1. The Balaban J connectivity index is 0.00000456. The monoisotopic (exact) mass is 585 g/mol. The molecule has 3 rings (SSSR count). The molecule has 1 atom stereocenters. The number of ether oxygens (including phenoxy) is 1. The van der Waals surface area contributed by atoms with Gasteiger partial charge in [0.2, 0.25) is 5.91 Å². The molecular formula is C25H27BrClF2N3O4. The van der Waals surface area contributed by atoms with Crippen molar-refractivity contribution in [2.24, 2.45) is 0 Å². The maximum atomic E-state index is 14.1. The number of carbonyl (C=O) groups is 1. The van der Waals surface area contributed by atoms with Crippen LogP contribution in [0.5, 0.6) is 5.75 Å². The molecule has 0 aliphatic rings. The van der Waals surface area contributed by atoms with Crippen LogP contribution in [0.25, 0.3) is 0 Å². The highest BCUT2D eigenvalue weighted by Crippen LogP contribution is 2.31. The summed E-state index contributed by atoms with van der Waals surface area (Å²) < 4.78 is 33.3. The number of pyridine rings is 1. The minimum atomic E-state index is -0.730. The molecule has 3 aromatic rings. The number of hydrogen-bond acceptors (Lipinski definition) is 5. The fraction of sp³-hybridized carbons (Fsp3) is 0.280. The average molecular weight is 587 g/mol. The maximum Gasteiger partial charge on any atom is 0.266 e. The van der Waals surface area contributed by atoms with E-state index < -0.39 is 17.7 Å². The average Bonchev–Trinajstić information content (AvgIpc) is 2.83. The van der Waals surface area contributed by atoms with E-state index >= 15 is 0 Å². The van der Waals surface area contributed by atoms with Crippen molar-refractivity contribution in [3.63, 3.8) is 0 Å². The van der Waals surface area contributed by atoms with Crippen molar-refractivity contribution >= 4 is 34.2 Å². The number of rotatable bonds is 10. The summed E-state index contributed by atoms with van der Waals surface area (Å²) in [5.74, 6) is -1.43. The van der Waals surface area contributed by atoms with Gasteiger partial charge in [-0.1, -0.05) is 24.3 Å². The number of aromatic nitrogens is 1. The van der Waals surface area contributed by atoms with Crippen LogP contribution >= 0.6 is 28.3 Å². The predicted molar refractivity (Wildman–Crippen MR) is 138 cm³/mol. The quantitative estimate of drug-likeness (QED) is 0.291. The molecule has 0 saturated carbocycles. The van der Waals surface area contributed by atoms with Crippen LogP contribution in [0.2, 0.25) is 0 Å². The Labute approximate surface area is 221 Å². The number of aliphatic hydroxyl groups is 1. The van der Waals surface area contributed by atoms with E-state index in [0.717, 1.165) is 23.3 Å². The lowest BCUT2D eigenvalue weighted by Crippen LogP contribution is -2.44. The van der Waals surface area contributed by atoms with Crippen LogP contribution in [0, 0.1) is 18.6 Å². The summed E-state index contributed by atoms with van der Waals surface area (Å²) in [6.07, 6.45) is 0.418. The molecule has 4 N–H and O–H groups in total. The van der Waals surface area contributed by atoms with E-state index in [1.165, 1.54) is 6.07 Å². The molecule has 0 aliphatic heterocycles. The minimum Gasteiger partial charge on any atom is -0.487 e. The Morgan fingerprint density at radius 3 is 2.44 bits per heavy atom. The van der Waals surface area contributed by atoms with Crippen molar-refractivity contribution in [3.05, 3.63) is 96.9 Å². The van der Waals surface area contributed by atoms with Crippen molar-refractivity contribution in [3.8, 4) is 5.75 Å². The van der Waals surface area contributed by atoms with E-state index in [1.54, 1.807) is 14.0 Å². The lowest BCUT2D eigenvalue weighted by atomic mass is 10.0. The second kappa shape index (κ2) is 13.5. The molecule has 11 heteroatoms. The van der Waals surface area contributed by atoms with Crippen molar-refractivity contribution in [1.29, 1.82) is 0 Å². The van der Waals surface area contributed by atoms with Gasteiger partial charge in [-0.15, -0.1) is 12.4 Å². The van der Waals surface area contributed by atoms with Gasteiger partial charge in [0.25, 0.3) is 5.56 Å². The molecule has 0 aliphatic carbocycles. The van der Waals surface area contributed by atoms with Crippen LogP contribution < -0.4 is 20.9 Å². The van der Waals surface area contributed by atoms with E-state index in [1.807, 2.05) is 24.3 Å². The Hall–Kier alpha value is -2.79. The first-order valence-corrected chi connectivity index (χ1v) is 11.6. The SMILES string of the molecule is CN[C@@H](CO)C(=O)NCc1ccc(Cc2c(C)[nH]c(=O)c(Br)c2OCc2ccc(F)cc2F)cc1.Cl. The zero-order chi connectivity index (χ0) is 25.5. The third kappa shape index (κ3) is 7.36. The van der Waals surface area contributed by atoms with Gasteiger partial charge in [0.05, 0.1) is 6.61 Å². The third-order valence-electron chi connectivity index (χ3n) is 5.53. The van der Waals surface area contributed by atoms with E-state index in [-0.39, 0.29) is 52.9 Å². The zero-order valence-electron chi connectivity index (χ0n) is 19.7. The molecule has 36 heavy (non-hydrogen) atoms. The van der Waals surface area contributed by atoms with Gasteiger partial charge in [0, 0.05) is 35.9 Å². The van der Waals surface area contributed by atoms with Gasteiger partial charge >= 0.3 is 0 Å². The molecule has 0 bridgehead atoms. The molecule has 194 valence electrons. The van der Waals surface area contributed by atoms with Crippen molar-refractivity contribution in [2.75, 3.05) is 13.7 Å². The number of hydrogen-bond donors (Lipinski definition) is 4. The highest BCUT2D eigenvalue weighted by molar-refractivity contribution is 9.10. The van der Waals surface area contributed by atoms with E-state index in [9.17, 15) is 23.5 Å². The van der Waals surface area contributed by atoms with Crippen LogP contribution in [0.4, 0.5) is 8.78 Å². The van der Waals surface area contributed by atoms with Gasteiger partial charge in [0.15, 0.2) is 0 Å². The number of amides is 1. The predicted octanol–water partition coefficient (Wildman–Crippen LogP) is 3.51. The standard InChI is InChI=1S/C25H26BrF2N3O4.ClH/c1-14-19(9-15-3-5-16(6-4-15)11-30-24(33)21(12-32)29-2)23(22(26)25(34)31-14)35-13-17-7-8-18(27)10-20(17)28;/h3-8,10,21,29,32H,9,11-13H2,1-2H3,(H,30,33)(H,31,34);1H/t21-;/m0./s1. The first-order valence-electron chi connectivity index (χ1n) is 10.8. The Bertz CT molecular complexity index is 1250. The highest BCUT2D eigenvalue weighted by atomic mass is 79.9. The first kappa shape index (κ1) is 29.4. The number of benzene rings is 2. The van der Waals surface area contributed by atoms with Gasteiger partial charge < -0.3 is 25.5 Å². The normalized spacial score (nSPS) is 11.5. The smallest absolute Gasteiger partial charge is 0.266 e. The Kier molecular flexibility index (Phi) is 11.0. The summed E-state index contributed by atoms with van der Waals surface area (Å²) >= 11 is 3.27. The summed E-state index contributed by atoms with van der Waals surface area (Å²) in [5, 5.41) is 14.7. The number of halogens is 4. The number of H-pyrrole nitrogens is 1. The van der Waals surface area contributed by atoms with Crippen molar-refractivity contribution in [2.45, 2.75) is 32.5 Å². The largest absolute Gasteiger partial charge is 0.487 e. The lowest BCUT2D eigenvalue weighted by molar-refractivity contribution is -0.124. The van der Waals surface area contributed by atoms with Gasteiger partial charge in [-0.25, -0.2) is 8.78 Å². The molecule has 0 radical (unpaired) electrons. The molecule has 1 aromatic heterocycles. The van der Waals surface area contributed by atoms with Crippen LogP contribution in [0.3, 0.4) is 0 Å². The lowest BCUT2D eigenvalue weighted by Gasteiger charge is -2.16. The molecule has 2 aromatic carbocycles. The maximum absolute atomic E-state index is 14.1. The number of nitrogens with one attached hydrogen (secondary N) is 3. The van der Waals surface area contributed by atoms with Crippen LogP contribution in [-0.4, -0.2) is 35.7 Å². The molecule has 7 nitrogen and oxygen atoms in total. The Morgan fingerprint density at radius 1 is 1.17 bits per heavy atom. The van der Waals surface area contributed by atoms with Gasteiger partial charge in [0.1, 0.15) is 34.5 Å². The van der Waals surface area contributed by atoms with Crippen molar-refractivity contribution < 1.29 is 23.4 Å². The minimum absolute atomic E-state index is 0. The summed E-state index contributed by atoms with van der Waals surface area (Å²) in [5.41, 5.74) is 2.89. The molecular weight excluding hydrogens is 560 g/mol. The second-order valence-electron chi connectivity index (χ2n) is 7.96. The van der Waals surface area contributed by atoms with Gasteiger partial charge in [-0.3, -0.25) is 9.59 Å². The summed E-state index contributed by atoms with van der Waals surface area (Å²) in [4.78, 5) is 27.1. The zero-order valence-corrected chi connectivity index (χ0v) is 22.1. The number of carbonyl (C=O) groups excluding carboxylic acids is 1. The molecule has 1 amide bonds. The molecule has 0 saturated heterocycles. The van der Waals surface area contributed by atoms with Crippen LogP contribution in [0.1, 0.15) is 27.9 Å². The van der Waals surface area contributed by atoms with Gasteiger partial charge in [-0.05, 0) is 53.2 Å². The fourth-order valence-corrected chi connectivity index (χ4v) is 3.91. The molecule has 0 fully saturated rings. The molecule has 0 unspecified atom stereocenters. The fourth-order valence-electron chi connectivity index (χ4n) is 3.46. The van der Waals surface area contributed by atoms with Crippen LogP contribution in [-0.2, 0) is 24.4 Å². The summed E-state index contributed by atoms with van der Waals surface area (Å²) in [7, 11) is 1.60. The summed E-state index contributed by atoms with van der Waals surface area (Å²) in [6, 6.07) is 10.1. The topological polar surface area (TPSA) is 103 Å². The summed E-state index contributed by atoms with van der Waals surface area (Å²) in [6.45, 7) is 1.57. The number of aryl methyl sites for hydroxylation is 1. The molecule has 1 heterocycles. The second-order valence-corrected chi connectivity index (χ2v) is 8.75. The van der Waals surface area contributed by atoms with Crippen LogP contribution in [0.15, 0.2) is 51.7 Å². The van der Waals surface area contributed by atoms with Gasteiger partial charge in [-0.2, -0.15) is 0 Å². The first-order chi connectivity index (χ1) is 16.7. The van der Waals surface area contributed by atoms with E-state index in [0.29, 0.717) is 24.2 Å². The number of aromatic amines is 1.